The molecule has 0 unspecified atom stereocenters. The highest BCUT2D eigenvalue weighted by Gasteiger charge is 2.18. The van der Waals surface area contributed by atoms with Gasteiger partial charge in [-0.2, -0.15) is 0 Å². The van der Waals surface area contributed by atoms with Gasteiger partial charge in [-0.05, 0) is 48.9 Å². The molecule has 2 aromatic carbocycles. The lowest BCUT2D eigenvalue weighted by atomic mass is 10.2. The van der Waals surface area contributed by atoms with Crippen LogP contribution in [0.15, 0.2) is 47.4 Å². The third kappa shape index (κ3) is 6.45. The molecule has 10 heteroatoms. The SMILES string of the molecule is Cc1cc(OCC(=O)OCC(=O)Nc2cccc(S(=O)(=O)N(C)C)c2)ccc1Cl. The van der Waals surface area contributed by atoms with Crippen LogP contribution in [0.5, 0.6) is 5.75 Å². The highest BCUT2D eigenvalue weighted by Crippen LogP contribution is 2.21. The molecule has 156 valence electrons. The number of carbonyl (C=O) groups is 2. The second-order valence-corrected chi connectivity index (χ2v) is 8.78. The third-order valence-corrected chi connectivity index (χ3v) is 5.98. The van der Waals surface area contributed by atoms with Crippen LogP contribution in [0.2, 0.25) is 5.02 Å². The number of aryl methyl sites for hydroxylation is 1. The number of hydrogen-bond acceptors (Lipinski definition) is 6. The molecule has 0 aliphatic carbocycles. The van der Waals surface area contributed by atoms with Crippen molar-refractivity contribution in [3.63, 3.8) is 0 Å². The van der Waals surface area contributed by atoms with E-state index in [1.807, 2.05) is 0 Å². The number of nitrogens with one attached hydrogen (secondary N) is 1. The monoisotopic (exact) mass is 440 g/mol. The second kappa shape index (κ2) is 9.73. The van der Waals surface area contributed by atoms with E-state index in [4.69, 9.17) is 21.1 Å². The Kier molecular flexibility index (Phi) is 7.60. The standard InChI is InChI=1S/C19H21ClN2O6S/c1-13-9-15(7-8-17(13)20)27-12-19(24)28-11-18(23)21-14-5-4-6-16(10-14)29(25,26)22(2)3/h4-10H,11-12H2,1-3H3,(H,21,23). The molecule has 0 heterocycles. The molecular weight excluding hydrogens is 420 g/mol. The van der Waals surface area contributed by atoms with Gasteiger partial charge >= 0.3 is 5.97 Å². The number of sulfonamides is 1. The topological polar surface area (TPSA) is 102 Å². The van der Waals surface area contributed by atoms with Gasteiger partial charge in [-0.1, -0.05) is 17.7 Å². The summed E-state index contributed by atoms with van der Waals surface area (Å²) in [5.41, 5.74) is 1.07. The van der Waals surface area contributed by atoms with Crippen molar-refractivity contribution in [2.45, 2.75) is 11.8 Å². The van der Waals surface area contributed by atoms with Crippen molar-refractivity contribution in [2.24, 2.45) is 0 Å². The van der Waals surface area contributed by atoms with Crippen LogP contribution in [0.4, 0.5) is 5.69 Å². The highest BCUT2D eigenvalue weighted by molar-refractivity contribution is 7.89. The van der Waals surface area contributed by atoms with Gasteiger partial charge in [0.1, 0.15) is 5.75 Å². The first-order valence-corrected chi connectivity index (χ1v) is 10.3. The number of hydrogen-bond donors (Lipinski definition) is 1. The lowest BCUT2D eigenvalue weighted by molar-refractivity contribution is -0.149. The molecule has 0 spiro atoms. The zero-order valence-corrected chi connectivity index (χ0v) is 17.7. The molecule has 2 aromatic rings. The molecule has 0 saturated carbocycles. The zero-order valence-electron chi connectivity index (χ0n) is 16.1. The maximum Gasteiger partial charge on any atom is 0.344 e. The summed E-state index contributed by atoms with van der Waals surface area (Å²) < 4.78 is 35.5. The van der Waals surface area contributed by atoms with E-state index in [0.29, 0.717) is 10.8 Å². The van der Waals surface area contributed by atoms with Gasteiger partial charge in [-0.3, -0.25) is 4.79 Å². The van der Waals surface area contributed by atoms with E-state index in [2.05, 4.69) is 5.32 Å². The number of benzene rings is 2. The van der Waals surface area contributed by atoms with Crippen LogP contribution in [0, 0.1) is 6.92 Å². The first-order valence-electron chi connectivity index (χ1n) is 8.46. The maximum absolute atomic E-state index is 12.1. The fourth-order valence-corrected chi connectivity index (χ4v) is 3.24. The number of anilines is 1. The van der Waals surface area contributed by atoms with E-state index >= 15 is 0 Å². The van der Waals surface area contributed by atoms with E-state index in [1.165, 1.54) is 38.4 Å². The minimum atomic E-state index is -3.63. The van der Waals surface area contributed by atoms with Crippen LogP contribution < -0.4 is 10.1 Å². The Balaban J connectivity index is 1.85. The predicted molar refractivity (Wildman–Crippen MR) is 109 cm³/mol. The van der Waals surface area contributed by atoms with Crippen LogP contribution in [0.25, 0.3) is 0 Å². The van der Waals surface area contributed by atoms with Crippen molar-refractivity contribution in [3.8, 4) is 5.75 Å². The summed E-state index contributed by atoms with van der Waals surface area (Å²) in [6.45, 7) is 0.897. The highest BCUT2D eigenvalue weighted by atomic mass is 35.5. The fourth-order valence-electron chi connectivity index (χ4n) is 2.18. The minimum Gasteiger partial charge on any atom is -0.482 e. The number of esters is 1. The molecule has 0 fully saturated rings. The largest absolute Gasteiger partial charge is 0.482 e. The molecule has 1 N–H and O–H groups in total. The van der Waals surface area contributed by atoms with Gasteiger partial charge in [0.15, 0.2) is 13.2 Å². The number of carbonyl (C=O) groups excluding carboxylic acids is 2. The number of nitrogens with zero attached hydrogens (tertiary/aromatic N) is 1. The Labute approximate surface area is 174 Å². The summed E-state index contributed by atoms with van der Waals surface area (Å²) in [5, 5.41) is 3.06. The molecule has 0 bridgehead atoms. The molecule has 29 heavy (non-hydrogen) atoms. The van der Waals surface area contributed by atoms with Gasteiger partial charge in [0.05, 0.1) is 4.90 Å². The third-order valence-electron chi connectivity index (χ3n) is 3.75. The second-order valence-electron chi connectivity index (χ2n) is 6.22. The number of rotatable bonds is 8. The summed E-state index contributed by atoms with van der Waals surface area (Å²) in [5.74, 6) is -0.885. The Bertz CT molecular complexity index is 1010. The Morgan fingerprint density at radius 1 is 1.10 bits per heavy atom. The number of amides is 1. The van der Waals surface area contributed by atoms with Crippen LogP contribution in [0.1, 0.15) is 5.56 Å². The predicted octanol–water partition coefficient (Wildman–Crippen LogP) is 2.46. The normalized spacial score (nSPS) is 11.2. The van der Waals surface area contributed by atoms with Gasteiger partial charge in [0, 0.05) is 24.8 Å². The molecule has 8 nitrogen and oxygen atoms in total. The van der Waals surface area contributed by atoms with E-state index in [0.717, 1.165) is 9.87 Å². The van der Waals surface area contributed by atoms with Gasteiger partial charge in [-0.15, -0.1) is 0 Å². The van der Waals surface area contributed by atoms with Crippen LogP contribution >= 0.6 is 11.6 Å². The zero-order chi connectivity index (χ0) is 21.6. The smallest absolute Gasteiger partial charge is 0.344 e. The molecule has 0 aliphatic heterocycles. The lowest BCUT2D eigenvalue weighted by Gasteiger charge is -2.13. The number of halogens is 1. The minimum absolute atomic E-state index is 0.0314. The Morgan fingerprint density at radius 2 is 1.83 bits per heavy atom. The van der Waals surface area contributed by atoms with Crippen molar-refractivity contribution in [1.82, 2.24) is 4.31 Å². The molecule has 0 saturated heterocycles. The van der Waals surface area contributed by atoms with E-state index in [9.17, 15) is 18.0 Å². The molecule has 0 atom stereocenters. The summed E-state index contributed by atoms with van der Waals surface area (Å²) in [4.78, 5) is 23.7. The Morgan fingerprint density at radius 3 is 2.48 bits per heavy atom. The maximum atomic E-state index is 12.1. The molecule has 0 radical (unpaired) electrons. The summed E-state index contributed by atoms with van der Waals surface area (Å²) in [6, 6.07) is 10.7. The quantitative estimate of drug-likeness (QED) is 0.632. The molecular formula is C19H21ClN2O6S. The van der Waals surface area contributed by atoms with Crippen LogP contribution in [-0.4, -0.2) is 51.9 Å². The first kappa shape index (κ1) is 22.7. The molecule has 0 aromatic heterocycles. The van der Waals surface area contributed by atoms with E-state index in [1.54, 1.807) is 25.1 Å². The Hall–Kier alpha value is -2.62. The first-order chi connectivity index (χ1) is 13.6. The summed E-state index contributed by atoms with van der Waals surface area (Å²) in [7, 11) is -0.808. The van der Waals surface area contributed by atoms with Crippen molar-refractivity contribution in [2.75, 3.05) is 32.6 Å². The van der Waals surface area contributed by atoms with Crippen molar-refractivity contribution in [1.29, 1.82) is 0 Å². The van der Waals surface area contributed by atoms with Gasteiger partial charge in [0.2, 0.25) is 10.0 Å². The van der Waals surface area contributed by atoms with Crippen molar-refractivity contribution in [3.05, 3.63) is 53.1 Å². The molecule has 0 aliphatic rings. The molecule has 1 amide bonds. The summed E-state index contributed by atoms with van der Waals surface area (Å²) >= 11 is 5.92. The van der Waals surface area contributed by atoms with E-state index < -0.39 is 28.5 Å². The molecule has 2 rings (SSSR count). The fraction of sp³-hybridized carbons (Fsp3) is 0.263. The summed E-state index contributed by atoms with van der Waals surface area (Å²) in [6.07, 6.45) is 0. The van der Waals surface area contributed by atoms with Gasteiger partial charge in [0.25, 0.3) is 5.91 Å². The van der Waals surface area contributed by atoms with Gasteiger partial charge < -0.3 is 14.8 Å². The van der Waals surface area contributed by atoms with Gasteiger partial charge in [-0.25, -0.2) is 17.5 Å². The van der Waals surface area contributed by atoms with Crippen molar-refractivity contribution >= 4 is 39.2 Å². The average molecular weight is 441 g/mol. The van der Waals surface area contributed by atoms with E-state index in [-0.39, 0.29) is 17.2 Å². The lowest BCUT2D eigenvalue weighted by Crippen LogP contribution is -2.24. The van der Waals surface area contributed by atoms with Crippen molar-refractivity contribution < 1.29 is 27.5 Å². The number of ether oxygens (including phenoxy) is 2. The van der Waals surface area contributed by atoms with Crippen LogP contribution in [0.3, 0.4) is 0 Å². The van der Waals surface area contributed by atoms with Crippen LogP contribution in [-0.2, 0) is 24.3 Å². The average Bonchev–Trinajstić information content (AvgIpc) is 2.67.